The summed E-state index contributed by atoms with van der Waals surface area (Å²) in [4.78, 5) is 12.6. The maximum Gasteiger partial charge on any atom is 0.348 e. The lowest BCUT2D eigenvalue weighted by Crippen LogP contribution is -2.07. The second kappa shape index (κ2) is 7.60. The minimum Gasteiger partial charge on any atom is -0.487 e. The van der Waals surface area contributed by atoms with Gasteiger partial charge in [-0.15, -0.1) is 11.3 Å². The quantitative estimate of drug-likeness (QED) is 0.486. The molecule has 0 amide bonds. The lowest BCUT2D eigenvalue weighted by molar-refractivity contribution is 0.0529. The number of carbonyl (C=O) groups is 1. The van der Waals surface area contributed by atoms with Crippen LogP contribution >= 0.6 is 34.5 Å². The van der Waals surface area contributed by atoms with Gasteiger partial charge < -0.3 is 9.47 Å². The average Bonchev–Trinajstić information content (AvgIpc) is 2.94. The SMILES string of the molecule is CCOC(=O)c1sc2cccc(F)c2c1COc1ccc(Cl)cc1Cl. The predicted octanol–water partition coefficient (Wildman–Crippen LogP) is 6.10. The van der Waals surface area contributed by atoms with Crippen molar-refractivity contribution >= 4 is 50.6 Å². The standard InChI is InChI=1S/C18H13Cl2FO3S/c1-2-23-18(22)17-11(16-13(21)4-3-5-15(16)25-17)9-24-14-7-6-10(19)8-12(14)20/h3-8H,2,9H2,1H3. The number of halogens is 3. The molecule has 0 aliphatic heterocycles. The fraction of sp³-hybridized carbons (Fsp3) is 0.167. The highest BCUT2D eigenvalue weighted by Crippen LogP contribution is 2.35. The van der Waals surface area contributed by atoms with Gasteiger partial charge in [-0.2, -0.15) is 0 Å². The van der Waals surface area contributed by atoms with E-state index in [1.165, 1.54) is 17.4 Å². The summed E-state index contributed by atoms with van der Waals surface area (Å²) < 4.78 is 25.8. The average molecular weight is 399 g/mol. The molecule has 0 bridgehead atoms. The van der Waals surface area contributed by atoms with Gasteiger partial charge >= 0.3 is 5.97 Å². The van der Waals surface area contributed by atoms with Crippen molar-refractivity contribution in [2.45, 2.75) is 13.5 Å². The molecule has 1 heterocycles. The van der Waals surface area contributed by atoms with E-state index in [1.807, 2.05) is 0 Å². The Hall–Kier alpha value is -1.82. The number of thiophene rings is 1. The number of rotatable bonds is 5. The van der Waals surface area contributed by atoms with Crippen molar-refractivity contribution in [3.63, 3.8) is 0 Å². The van der Waals surface area contributed by atoms with Crippen molar-refractivity contribution in [2.75, 3.05) is 6.61 Å². The molecule has 3 aromatic rings. The zero-order valence-electron chi connectivity index (χ0n) is 13.1. The molecule has 2 aromatic carbocycles. The lowest BCUT2D eigenvalue weighted by Gasteiger charge is -2.10. The maximum atomic E-state index is 14.3. The van der Waals surface area contributed by atoms with Crippen LogP contribution in [-0.4, -0.2) is 12.6 Å². The van der Waals surface area contributed by atoms with Crippen molar-refractivity contribution in [3.8, 4) is 5.75 Å². The highest BCUT2D eigenvalue weighted by atomic mass is 35.5. The Bertz CT molecular complexity index is 939. The molecule has 0 saturated carbocycles. The van der Waals surface area contributed by atoms with Gasteiger partial charge in [-0.1, -0.05) is 29.3 Å². The highest BCUT2D eigenvalue weighted by molar-refractivity contribution is 7.21. The molecule has 3 nitrogen and oxygen atoms in total. The van der Waals surface area contributed by atoms with Crippen LogP contribution < -0.4 is 4.74 Å². The minimum absolute atomic E-state index is 0.0174. The normalized spacial score (nSPS) is 10.9. The predicted molar refractivity (Wildman–Crippen MR) is 98.5 cm³/mol. The molecule has 25 heavy (non-hydrogen) atoms. The Labute approximate surface area is 157 Å². The van der Waals surface area contributed by atoms with Crippen LogP contribution in [0.2, 0.25) is 10.0 Å². The number of benzene rings is 2. The van der Waals surface area contributed by atoms with Gasteiger partial charge in [0.25, 0.3) is 0 Å². The van der Waals surface area contributed by atoms with Gasteiger partial charge in [0.05, 0.1) is 11.6 Å². The van der Waals surface area contributed by atoms with Crippen molar-refractivity contribution in [2.24, 2.45) is 0 Å². The Morgan fingerprint density at radius 3 is 2.76 bits per heavy atom. The van der Waals surface area contributed by atoms with Crippen LogP contribution in [0.25, 0.3) is 10.1 Å². The number of fused-ring (bicyclic) bond motifs is 1. The van der Waals surface area contributed by atoms with Gasteiger partial charge in [-0.3, -0.25) is 0 Å². The second-order valence-corrected chi connectivity index (χ2v) is 7.00. The number of carbonyl (C=O) groups excluding carboxylic acids is 1. The first-order chi connectivity index (χ1) is 12.0. The van der Waals surface area contributed by atoms with Crippen LogP contribution in [-0.2, 0) is 11.3 Å². The Balaban J connectivity index is 2.00. The molecular formula is C18H13Cl2FO3S. The van der Waals surface area contributed by atoms with Gasteiger partial charge in [0.2, 0.25) is 0 Å². The van der Waals surface area contributed by atoms with Crippen LogP contribution in [0.3, 0.4) is 0 Å². The fourth-order valence-corrected chi connectivity index (χ4v) is 3.99. The molecule has 1 aromatic heterocycles. The number of hydrogen-bond donors (Lipinski definition) is 0. The first-order valence-electron chi connectivity index (χ1n) is 7.46. The van der Waals surface area contributed by atoms with E-state index in [0.717, 1.165) is 0 Å². The Morgan fingerprint density at radius 2 is 2.04 bits per heavy atom. The molecule has 0 radical (unpaired) electrons. The number of esters is 1. The van der Waals surface area contributed by atoms with Crippen molar-refractivity contribution < 1.29 is 18.7 Å². The molecule has 0 aliphatic carbocycles. The Kier molecular flexibility index (Phi) is 5.47. The Morgan fingerprint density at radius 1 is 1.24 bits per heavy atom. The molecule has 7 heteroatoms. The zero-order chi connectivity index (χ0) is 18.0. The van der Waals surface area contributed by atoms with Crippen molar-refractivity contribution in [3.05, 3.63) is 62.7 Å². The van der Waals surface area contributed by atoms with Gasteiger partial charge in [-0.05, 0) is 37.3 Å². The highest BCUT2D eigenvalue weighted by Gasteiger charge is 2.22. The van der Waals surface area contributed by atoms with E-state index in [0.29, 0.717) is 36.3 Å². The van der Waals surface area contributed by atoms with Crippen LogP contribution in [0.15, 0.2) is 36.4 Å². The molecule has 130 valence electrons. The summed E-state index contributed by atoms with van der Waals surface area (Å²) in [7, 11) is 0. The molecule has 0 spiro atoms. The van der Waals surface area contributed by atoms with Crippen LogP contribution in [0.1, 0.15) is 22.2 Å². The van der Waals surface area contributed by atoms with Gasteiger partial charge in [0, 0.05) is 20.7 Å². The van der Waals surface area contributed by atoms with E-state index in [2.05, 4.69) is 0 Å². The van der Waals surface area contributed by atoms with E-state index in [1.54, 1.807) is 37.3 Å². The van der Waals surface area contributed by atoms with Gasteiger partial charge in [-0.25, -0.2) is 9.18 Å². The summed E-state index contributed by atoms with van der Waals surface area (Å²) in [6.45, 7) is 1.94. The summed E-state index contributed by atoms with van der Waals surface area (Å²) in [5, 5.41) is 1.18. The third-order valence-corrected chi connectivity index (χ3v) is 5.20. The minimum atomic E-state index is -0.496. The van der Waals surface area contributed by atoms with Crippen molar-refractivity contribution in [1.82, 2.24) is 0 Å². The van der Waals surface area contributed by atoms with E-state index in [4.69, 9.17) is 32.7 Å². The van der Waals surface area contributed by atoms with Crippen molar-refractivity contribution in [1.29, 1.82) is 0 Å². The van der Waals surface area contributed by atoms with Crippen LogP contribution in [0.4, 0.5) is 4.39 Å². The van der Waals surface area contributed by atoms with Crippen LogP contribution in [0.5, 0.6) is 5.75 Å². The zero-order valence-corrected chi connectivity index (χ0v) is 15.5. The molecule has 0 unspecified atom stereocenters. The topological polar surface area (TPSA) is 35.5 Å². The third-order valence-electron chi connectivity index (χ3n) is 3.49. The molecular weight excluding hydrogens is 386 g/mol. The number of hydrogen-bond acceptors (Lipinski definition) is 4. The largest absolute Gasteiger partial charge is 0.487 e. The van der Waals surface area contributed by atoms with E-state index < -0.39 is 11.8 Å². The molecule has 0 saturated heterocycles. The summed E-state index contributed by atoms with van der Waals surface area (Å²) in [5.74, 6) is -0.509. The smallest absolute Gasteiger partial charge is 0.348 e. The monoisotopic (exact) mass is 398 g/mol. The first kappa shape index (κ1) is 18.0. The molecule has 0 aliphatic rings. The van der Waals surface area contributed by atoms with E-state index in [-0.39, 0.29) is 13.2 Å². The fourth-order valence-electron chi connectivity index (χ4n) is 2.41. The lowest BCUT2D eigenvalue weighted by atomic mass is 10.1. The van der Waals surface area contributed by atoms with E-state index >= 15 is 0 Å². The summed E-state index contributed by atoms with van der Waals surface area (Å²) in [5.41, 5.74) is 0.447. The molecule has 0 atom stereocenters. The van der Waals surface area contributed by atoms with Crippen LogP contribution in [0, 0.1) is 5.82 Å². The van der Waals surface area contributed by atoms with E-state index in [9.17, 15) is 9.18 Å². The summed E-state index contributed by atoms with van der Waals surface area (Å²) >= 11 is 13.1. The van der Waals surface area contributed by atoms with Gasteiger partial charge in [0.1, 0.15) is 23.1 Å². The maximum absolute atomic E-state index is 14.3. The van der Waals surface area contributed by atoms with Gasteiger partial charge in [0.15, 0.2) is 0 Å². The molecule has 0 N–H and O–H groups in total. The molecule has 0 fully saturated rings. The molecule has 3 rings (SSSR count). The summed E-state index contributed by atoms with van der Waals surface area (Å²) in [6, 6.07) is 9.52. The second-order valence-electron chi connectivity index (χ2n) is 5.11. The number of ether oxygens (including phenoxy) is 2. The first-order valence-corrected chi connectivity index (χ1v) is 9.03. The third kappa shape index (κ3) is 3.73. The summed E-state index contributed by atoms with van der Waals surface area (Å²) in [6.07, 6.45) is 0.